The highest BCUT2D eigenvalue weighted by atomic mass is 16.6. The Morgan fingerprint density at radius 2 is 1.52 bits per heavy atom. The van der Waals surface area contributed by atoms with Crippen molar-refractivity contribution < 1.29 is 23.9 Å². The van der Waals surface area contributed by atoms with Gasteiger partial charge in [0, 0.05) is 6.54 Å². The molecule has 0 saturated carbocycles. The van der Waals surface area contributed by atoms with Crippen LogP contribution < -0.4 is 5.32 Å². The van der Waals surface area contributed by atoms with E-state index >= 15 is 0 Å². The van der Waals surface area contributed by atoms with Gasteiger partial charge in [0.15, 0.2) is 0 Å². The fraction of sp³-hybridized carbons (Fsp3) is 0.423. The van der Waals surface area contributed by atoms with Gasteiger partial charge < -0.3 is 14.8 Å². The molecule has 0 aliphatic carbocycles. The molecule has 1 N–H and O–H groups in total. The summed E-state index contributed by atoms with van der Waals surface area (Å²) >= 11 is 0. The molecule has 0 spiro atoms. The van der Waals surface area contributed by atoms with Crippen LogP contribution in [0.3, 0.4) is 0 Å². The first-order valence-corrected chi connectivity index (χ1v) is 11.4. The molecule has 0 radical (unpaired) electrons. The third kappa shape index (κ3) is 7.34. The van der Waals surface area contributed by atoms with E-state index in [1.165, 1.54) is 4.90 Å². The molecule has 0 unspecified atom stereocenters. The van der Waals surface area contributed by atoms with Crippen molar-refractivity contribution in [1.82, 2.24) is 10.2 Å². The number of carbonyl (C=O) groups excluding carboxylic acids is 3. The molecule has 1 saturated heterocycles. The van der Waals surface area contributed by atoms with Gasteiger partial charge in [-0.25, -0.2) is 9.59 Å². The lowest BCUT2D eigenvalue weighted by molar-refractivity contribution is -0.150. The monoisotopic (exact) mass is 452 g/mol. The molecule has 2 aromatic carbocycles. The summed E-state index contributed by atoms with van der Waals surface area (Å²) < 4.78 is 10.9. The van der Waals surface area contributed by atoms with Crippen LogP contribution in [0.25, 0.3) is 0 Å². The van der Waals surface area contributed by atoms with Crippen molar-refractivity contribution in [2.45, 2.75) is 58.4 Å². The molecule has 7 heteroatoms. The zero-order valence-electron chi connectivity index (χ0n) is 19.2. The minimum absolute atomic E-state index is 0.144. The smallest absolute Gasteiger partial charge is 0.410 e. The molecular formula is C26H32N2O5. The van der Waals surface area contributed by atoms with E-state index in [9.17, 15) is 14.4 Å². The average molecular weight is 453 g/mol. The van der Waals surface area contributed by atoms with Crippen LogP contribution in [0.1, 0.15) is 44.2 Å². The molecule has 33 heavy (non-hydrogen) atoms. The number of esters is 1. The quantitative estimate of drug-likeness (QED) is 0.580. The molecule has 2 atom stereocenters. The summed E-state index contributed by atoms with van der Waals surface area (Å²) in [5.41, 5.74) is 1.76. The van der Waals surface area contributed by atoms with Crippen LogP contribution in [-0.2, 0) is 32.3 Å². The van der Waals surface area contributed by atoms with E-state index in [4.69, 9.17) is 9.47 Å². The Bertz CT molecular complexity index is 917. The van der Waals surface area contributed by atoms with E-state index in [1.54, 1.807) is 0 Å². The minimum Gasteiger partial charge on any atom is -0.459 e. The number of hydrogen-bond donors (Lipinski definition) is 1. The standard InChI is InChI=1S/C26H32N2O5/c1-19(2)16-22(25(30)32-17-20-10-5-3-6-11-20)27-24(29)23-14-9-15-28(23)26(31)33-18-21-12-7-4-8-13-21/h3-8,10-13,19,22-23H,9,14-18H2,1-2H3,(H,27,29)/t22-,23-/m1/s1. The van der Waals surface area contributed by atoms with Gasteiger partial charge in [-0.05, 0) is 36.3 Å². The number of benzene rings is 2. The Balaban J connectivity index is 1.57. The second-order valence-electron chi connectivity index (χ2n) is 8.68. The van der Waals surface area contributed by atoms with E-state index in [2.05, 4.69) is 5.32 Å². The topological polar surface area (TPSA) is 84.9 Å². The minimum atomic E-state index is -0.774. The number of nitrogens with zero attached hydrogens (tertiary/aromatic N) is 1. The number of carbonyl (C=O) groups is 3. The van der Waals surface area contributed by atoms with Crippen molar-refractivity contribution in [2.75, 3.05) is 6.54 Å². The summed E-state index contributed by atoms with van der Waals surface area (Å²) in [6, 6.07) is 17.4. The normalized spacial score (nSPS) is 16.3. The van der Waals surface area contributed by atoms with Gasteiger partial charge in [0.2, 0.25) is 5.91 Å². The molecule has 176 valence electrons. The second-order valence-corrected chi connectivity index (χ2v) is 8.68. The van der Waals surface area contributed by atoms with E-state index in [0.29, 0.717) is 25.8 Å². The van der Waals surface area contributed by atoms with Gasteiger partial charge in [0.05, 0.1) is 0 Å². The van der Waals surface area contributed by atoms with Crippen LogP contribution in [0.2, 0.25) is 0 Å². The lowest BCUT2D eigenvalue weighted by Gasteiger charge is -2.26. The van der Waals surface area contributed by atoms with E-state index in [0.717, 1.165) is 11.1 Å². The fourth-order valence-electron chi connectivity index (χ4n) is 3.84. The van der Waals surface area contributed by atoms with E-state index in [1.807, 2.05) is 74.5 Å². The molecule has 2 amide bonds. The van der Waals surface area contributed by atoms with Crippen LogP contribution >= 0.6 is 0 Å². The first kappa shape index (κ1) is 24.3. The summed E-state index contributed by atoms with van der Waals surface area (Å²) in [6.07, 6.45) is 1.15. The Morgan fingerprint density at radius 3 is 2.09 bits per heavy atom. The molecule has 1 aliphatic rings. The molecule has 0 bridgehead atoms. The molecule has 2 aromatic rings. The highest BCUT2D eigenvalue weighted by molar-refractivity contribution is 5.90. The summed E-state index contributed by atoms with van der Waals surface area (Å²) in [5.74, 6) is -0.654. The highest BCUT2D eigenvalue weighted by Crippen LogP contribution is 2.20. The maximum atomic E-state index is 13.0. The first-order valence-electron chi connectivity index (χ1n) is 11.4. The predicted molar refractivity (Wildman–Crippen MR) is 124 cm³/mol. The van der Waals surface area contributed by atoms with Crippen molar-refractivity contribution >= 4 is 18.0 Å². The summed E-state index contributed by atoms with van der Waals surface area (Å²) in [5, 5.41) is 2.82. The number of rotatable bonds is 9. The first-order chi connectivity index (χ1) is 15.9. The fourth-order valence-corrected chi connectivity index (χ4v) is 3.84. The van der Waals surface area contributed by atoms with Crippen LogP contribution in [0.15, 0.2) is 60.7 Å². The van der Waals surface area contributed by atoms with Crippen LogP contribution in [0, 0.1) is 5.92 Å². The zero-order chi connectivity index (χ0) is 23.6. The lowest BCUT2D eigenvalue weighted by atomic mass is 10.0. The number of amides is 2. The van der Waals surface area contributed by atoms with Gasteiger partial charge in [-0.3, -0.25) is 9.69 Å². The lowest BCUT2D eigenvalue weighted by Crippen LogP contribution is -2.51. The summed E-state index contributed by atoms with van der Waals surface area (Å²) in [6.45, 7) is 4.69. The number of likely N-dealkylation sites (tertiary alicyclic amines) is 1. The molecule has 3 rings (SSSR count). The van der Waals surface area contributed by atoms with Gasteiger partial charge in [-0.2, -0.15) is 0 Å². The third-order valence-electron chi connectivity index (χ3n) is 5.53. The van der Waals surface area contributed by atoms with Crippen LogP contribution in [0.4, 0.5) is 4.79 Å². The van der Waals surface area contributed by atoms with E-state index < -0.39 is 24.1 Å². The van der Waals surface area contributed by atoms with Crippen molar-refractivity contribution in [3.05, 3.63) is 71.8 Å². The Kier molecular flexibility index (Phi) is 8.87. The maximum absolute atomic E-state index is 13.0. The number of ether oxygens (including phenoxy) is 2. The second kappa shape index (κ2) is 12.0. The van der Waals surface area contributed by atoms with Crippen LogP contribution in [0.5, 0.6) is 0 Å². The Hall–Kier alpha value is -3.35. The summed E-state index contributed by atoms with van der Waals surface area (Å²) in [7, 11) is 0. The number of hydrogen-bond acceptors (Lipinski definition) is 5. The van der Waals surface area contributed by atoms with Gasteiger partial charge in [-0.15, -0.1) is 0 Å². The zero-order valence-corrected chi connectivity index (χ0v) is 19.2. The highest BCUT2D eigenvalue weighted by Gasteiger charge is 2.37. The number of nitrogens with one attached hydrogen (secondary N) is 1. The molecule has 0 aromatic heterocycles. The molecule has 1 fully saturated rings. The Labute approximate surface area is 195 Å². The largest absolute Gasteiger partial charge is 0.459 e. The van der Waals surface area contributed by atoms with Crippen molar-refractivity contribution in [1.29, 1.82) is 0 Å². The van der Waals surface area contributed by atoms with Gasteiger partial charge in [-0.1, -0.05) is 74.5 Å². The summed E-state index contributed by atoms with van der Waals surface area (Å²) in [4.78, 5) is 39.8. The van der Waals surface area contributed by atoms with Crippen LogP contribution in [-0.4, -0.2) is 41.5 Å². The van der Waals surface area contributed by atoms with Gasteiger partial charge >= 0.3 is 12.1 Å². The van der Waals surface area contributed by atoms with Gasteiger partial charge in [0.1, 0.15) is 25.3 Å². The average Bonchev–Trinajstić information content (AvgIpc) is 3.32. The third-order valence-corrected chi connectivity index (χ3v) is 5.53. The van der Waals surface area contributed by atoms with Gasteiger partial charge in [0.25, 0.3) is 0 Å². The molecular weight excluding hydrogens is 420 g/mol. The molecule has 7 nitrogen and oxygen atoms in total. The molecule has 1 heterocycles. The maximum Gasteiger partial charge on any atom is 0.410 e. The van der Waals surface area contributed by atoms with Crippen molar-refractivity contribution in [2.24, 2.45) is 5.92 Å². The van der Waals surface area contributed by atoms with Crippen molar-refractivity contribution in [3.63, 3.8) is 0 Å². The predicted octanol–water partition coefficient (Wildman–Crippen LogP) is 4.06. The van der Waals surface area contributed by atoms with E-state index in [-0.39, 0.29) is 25.0 Å². The van der Waals surface area contributed by atoms with Crippen molar-refractivity contribution in [3.8, 4) is 0 Å². The molecule has 1 aliphatic heterocycles. The Morgan fingerprint density at radius 1 is 0.939 bits per heavy atom. The SMILES string of the molecule is CC(C)C[C@@H](NC(=O)[C@H]1CCCN1C(=O)OCc1ccccc1)C(=O)OCc1ccccc1.